The zero-order chi connectivity index (χ0) is 12.7. The van der Waals surface area contributed by atoms with Crippen molar-refractivity contribution >= 4 is 0 Å². The van der Waals surface area contributed by atoms with E-state index in [-0.39, 0.29) is 12.2 Å². The van der Waals surface area contributed by atoms with Crippen LogP contribution < -0.4 is 4.74 Å². The third-order valence-electron chi connectivity index (χ3n) is 3.05. The Morgan fingerprint density at radius 3 is 2.47 bits per heavy atom. The summed E-state index contributed by atoms with van der Waals surface area (Å²) in [7, 11) is 0. The molecule has 1 N–H and O–H groups in total. The van der Waals surface area contributed by atoms with E-state index in [4.69, 9.17) is 4.74 Å². The van der Waals surface area contributed by atoms with Crippen LogP contribution in [0.25, 0.3) is 0 Å². The Morgan fingerprint density at radius 1 is 1.18 bits per heavy atom. The summed E-state index contributed by atoms with van der Waals surface area (Å²) in [5.74, 6) is 0.914. The average Bonchev–Trinajstić information content (AvgIpc) is 2.36. The van der Waals surface area contributed by atoms with Crippen molar-refractivity contribution in [3.8, 4) is 5.75 Å². The molecule has 2 heteroatoms. The molecule has 0 aliphatic heterocycles. The van der Waals surface area contributed by atoms with Crippen LogP contribution in [-0.4, -0.2) is 17.3 Å². The topological polar surface area (TPSA) is 29.5 Å². The molecule has 1 rings (SSSR count). The van der Waals surface area contributed by atoms with Gasteiger partial charge in [-0.3, -0.25) is 0 Å². The Bertz CT molecular complexity index is 322. The second-order valence-corrected chi connectivity index (χ2v) is 4.38. The van der Waals surface area contributed by atoms with Crippen LogP contribution in [0.4, 0.5) is 0 Å². The molecule has 1 aromatic carbocycles. The van der Waals surface area contributed by atoms with Gasteiger partial charge in [-0.25, -0.2) is 0 Å². The van der Waals surface area contributed by atoms with Gasteiger partial charge in [0.25, 0.3) is 0 Å². The van der Waals surface area contributed by atoms with Crippen molar-refractivity contribution in [1.29, 1.82) is 0 Å². The largest absolute Gasteiger partial charge is 0.487 e. The highest BCUT2D eigenvalue weighted by Crippen LogP contribution is 2.22. The molecule has 0 heterocycles. The third kappa shape index (κ3) is 4.04. The summed E-state index contributed by atoms with van der Waals surface area (Å²) in [6.07, 6.45) is 3.11. The van der Waals surface area contributed by atoms with E-state index in [1.165, 1.54) is 5.56 Å². The van der Waals surface area contributed by atoms with Gasteiger partial charge in [-0.15, -0.1) is 0 Å². The number of para-hydroxylation sites is 1. The number of ether oxygens (including phenoxy) is 1. The number of hydrogen-bond donors (Lipinski definition) is 1. The van der Waals surface area contributed by atoms with Gasteiger partial charge < -0.3 is 9.84 Å². The van der Waals surface area contributed by atoms with Gasteiger partial charge in [0.05, 0.1) is 6.10 Å². The minimum atomic E-state index is -0.366. The second-order valence-electron chi connectivity index (χ2n) is 4.38. The van der Waals surface area contributed by atoms with E-state index in [2.05, 4.69) is 26.8 Å². The number of rotatable bonds is 7. The quantitative estimate of drug-likeness (QED) is 0.784. The first-order valence-corrected chi connectivity index (χ1v) is 6.65. The third-order valence-corrected chi connectivity index (χ3v) is 3.05. The average molecular weight is 236 g/mol. The predicted octanol–water partition coefficient (Wildman–Crippen LogP) is 3.57. The number of benzene rings is 1. The molecule has 0 spiro atoms. The van der Waals surface area contributed by atoms with E-state index in [1.807, 2.05) is 18.2 Å². The van der Waals surface area contributed by atoms with Gasteiger partial charge in [0.1, 0.15) is 11.9 Å². The van der Waals surface area contributed by atoms with Crippen LogP contribution in [-0.2, 0) is 6.42 Å². The molecular formula is C15H24O2. The normalized spacial score (nSPS) is 14.4. The second kappa shape index (κ2) is 7.33. The molecule has 0 radical (unpaired) electrons. The Hall–Kier alpha value is -1.02. The number of hydrogen-bond acceptors (Lipinski definition) is 2. The lowest BCUT2D eigenvalue weighted by Gasteiger charge is -2.24. The molecule has 0 saturated heterocycles. The van der Waals surface area contributed by atoms with E-state index >= 15 is 0 Å². The van der Waals surface area contributed by atoms with Crippen molar-refractivity contribution in [2.75, 3.05) is 0 Å². The fourth-order valence-electron chi connectivity index (χ4n) is 1.99. The number of aliphatic hydroxyl groups excluding tert-OH is 1. The maximum Gasteiger partial charge on any atom is 0.124 e. The summed E-state index contributed by atoms with van der Waals surface area (Å²) in [5, 5.41) is 10.0. The summed E-state index contributed by atoms with van der Waals surface area (Å²) in [5.41, 5.74) is 1.20. The van der Waals surface area contributed by atoms with Crippen molar-refractivity contribution in [3.05, 3.63) is 29.8 Å². The van der Waals surface area contributed by atoms with E-state index in [9.17, 15) is 5.11 Å². The summed E-state index contributed by atoms with van der Waals surface area (Å²) >= 11 is 0. The minimum absolute atomic E-state index is 0.0948. The van der Waals surface area contributed by atoms with Crippen molar-refractivity contribution in [2.24, 2.45) is 0 Å². The standard InChI is InChI=1S/C15H24O2/c1-4-9-13(16)14(6-3)17-15-11-8-7-10-12(15)5-2/h7-8,10-11,13-14,16H,4-6,9H2,1-3H3. The van der Waals surface area contributed by atoms with Crippen LogP contribution in [0.15, 0.2) is 24.3 Å². The lowest BCUT2D eigenvalue weighted by Crippen LogP contribution is -2.31. The van der Waals surface area contributed by atoms with Crippen molar-refractivity contribution in [1.82, 2.24) is 0 Å². The Balaban J connectivity index is 2.73. The van der Waals surface area contributed by atoms with Gasteiger partial charge in [-0.2, -0.15) is 0 Å². The first-order valence-electron chi connectivity index (χ1n) is 6.65. The van der Waals surface area contributed by atoms with Gasteiger partial charge in [-0.1, -0.05) is 45.4 Å². The first-order chi connectivity index (χ1) is 8.22. The Kier molecular flexibility index (Phi) is 6.06. The summed E-state index contributed by atoms with van der Waals surface area (Å²) in [4.78, 5) is 0. The molecule has 0 aromatic heterocycles. The van der Waals surface area contributed by atoms with Crippen molar-refractivity contribution in [2.45, 2.75) is 58.7 Å². The molecule has 96 valence electrons. The highest BCUT2D eigenvalue weighted by atomic mass is 16.5. The molecule has 0 bridgehead atoms. The molecule has 1 aromatic rings. The van der Waals surface area contributed by atoms with E-state index in [1.54, 1.807) is 0 Å². The summed E-state index contributed by atoms with van der Waals surface area (Å²) in [6, 6.07) is 8.07. The zero-order valence-corrected chi connectivity index (χ0v) is 11.1. The fourth-order valence-corrected chi connectivity index (χ4v) is 1.99. The van der Waals surface area contributed by atoms with Gasteiger partial charge in [0, 0.05) is 0 Å². The van der Waals surface area contributed by atoms with E-state index in [0.29, 0.717) is 0 Å². The maximum atomic E-state index is 10.0. The summed E-state index contributed by atoms with van der Waals surface area (Å²) in [6.45, 7) is 6.25. The fraction of sp³-hybridized carbons (Fsp3) is 0.600. The van der Waals surface area contributed by atoms with E-state index < -0.39 is 0 Å². The van der Waals surface area contributed by atoms with Gasteiger partial charge in [-0.05, 0) is 30.9 Å². The number of aryl methyl sites for hydroxylation is 1. The molecule has 17 heavy (non-hydrogen) atoms. The molecule has 0 saturated carbocycles. The van der Waals surface area contributed by atoms with Crippen molar-refractivity contribution in [3.63, 3.8) is 0 Å². The van der Waals surface area contributed by atoms with Crippen LogP contribution in [0.2, 0.25) is 0 Å². The highest BCUT2D eigenvalue weighted by Gasteiger charge is 2.19. The van der Waals surface area contributed by atoms with Crippen LogP contribution in [0, 0.1) is 0 Å². The summed E-state index contributed by atoms with van der Waals surface area (Å²) < 4.78 is 5.95. The van der Waals surface area contributed by atoms with E-state index in [0.717, 1.165) is 31.4 Å². The molecule has 0 amide bonds. The monoisotopic (exact) mass is 236 g/mol. The molecule has 0 aliphatic rings. The molecule has 2 unspecified atom stereocenters. The zero-order valence-electron chi connectivity index (χ0n) is 11.1. The molecule has 2 atom stereocenters. The molecular weight excluding hydrogens is 212 g/mol. The Morgan fingerprint density at radius 2 is 1.88 bits per heavy atom. The highest BCUT2D eigenvalue weighted by molar-refractivity contribution is 5.33. The van der Waals surface area contributed by atoms with Gasteiger partial charge >= 0.3 is 0 Å². The predicted molar refractivity (Wildman–Crippen MR) is 71.4 cm³/mol. The van der Waals surface area contributed by atoms with Crippen LogP contribution in [0.5, 0.6) is 5.75 Å². The molecule has 2 nitrogen and oxygen atoms in total. The van der Waals surface area contributed by atoms with Crippen LogP contribution in [0.3, 0.4) is 0 Å². The van der Waals surface area contributed by atoms with Crippen LogP contribution >= 0.6 is 0 Å². The SMILES string of the molecule is CCCC(O)C(CC)Oc1ccccc1CC. The first kappa shape index (κ1) is 14.0. The van der Waals surface area contributed by atoms with Crippen molar-refractivity contribution < 1.29 is 9.84 Å². The molecule has 0 aliphatic carbocycles. The van der Waals surface area contributed by atoms with Crippen LogP contribution in [0.1, 0.15) is 45.6 Å². The number of aliphatic hydroxyl groups is 1. The smallest absolute Gasteiger partial charge is 0.124 e. The van der Waals surface area contributed by atoms with Gasteiger partial charge in [0.15, 0.2) is 0 Å². The minimum Gasteiger partial charge on any atom is -0.487 e. The van der Waals surface area contributed by atoms with Gasteiger partial charge in [0.2, 0.25) is 0 Å². The Labute approximate surface area is 105 Å². The molecule has 0 fully saturated rings. The lowest BCUT2D eigenvalue weighted by atomic mass is 10.1. The maximum absolute atomic E-state index is 10.0. The lowest BCUT2D eigenvalue weighted by molar-refractivity contribution is 0.0279.